The molecule has 10 nitrogen and oxygen atoms in total. The SMILES string of the molecule is CCOc1cc(/C=C2\C(=O)NC(=O)N(Cc3ccco3)C2=O)cc(I)c1OCC(=O)OC. The summed E-state index contributed by atoms with van der Waals surface area (Å²) in [6.45, 7) is 1.66. The second-order valence-electron chi connectivity index (χ2n) is 6.42. The number of esters is 1. The lowest BCUT2D eigenvalue weighted by atomic mass is 10.1. The van der Waals surface area contributed by atoms with E-state index >= 15 is 0 Å². The zero-order valence-corrected chi connectivity index (χ0v) is 19.3. The number of ether oxygens (including phenoxy) is 3. The lowest BCUT2D eigenvalue weighted by Gasteiger charge is -2.25. The molecule has 11 heteroatoms. The molecule has 1 aliphatic heterocycles. The predicted octanol–water partition coefficient (Wildman–Crippen LogP) is 2.50. The van der Waals surface area contributed by atoms with Crippen molar-refractivity contribution in [3.63, 3.8) is 0 Å². The molecule has 1 saturated heterocycles. The summed E-state index contributed by atoms with van der Waals surface area (Å²) >= 11 is 1.99. The van der Waals surface area contributed by atoms with E-state index in [9.17, 15) is 19.2 Å². The van der Waals surface area contributed by atoms with Crippen LogP contribution in [0.2, 0.25) is 0 Å². The van der Waals surface area contributed by atoms with E-state index in [4.69, 9.17) is 13.9 Å². The molecular formula is C21H19IN2O8. The number of imide groups is 2. The number of nitrogens with zero attached hydrogens (tertiary/aromatic N) is 1. The van der Waals surface area contributed by atoms with Crippen LogP contribution in [0.4, 0.5) is 4.79 Å². The maximum absolute atomic E-state index is 12.9. The average Bonchev–Trinajstić information content (AvgIpc) is 3.27. The standard InChI is InChI=1S/C21H19IN2O8/c1-3-30-16-9-12(8-15(22)18(16)32-11-17(25)29-2)7-14-19(26)23-21(28)24(20(14)27)10-13-5-4-6-31-13/h4-9H,3,10-11H2,1-2H3,(H,23,26,28)/b14-7+. The van der Waals surface area contributed by atoms with Crippen LogP contribution in [0, 0.1) is 3.57 Å². The minimum atomic E-state index is -0.829. The van der Waals surface area contributed by atoms with Crippen LogP contribution in [-0.4, -0.2) is 49.0 Å². The molecule has 4 amide bonds. The maximum Gasteiger partial charge on any atom is 0.343 e. The van der Waals surface area contributed by atoms with Crippen molar-refractivity contribution in [2.45, 2.75) is 13.5 Å². The smallest absolute Gasteiger partial charge is 0.343 e. The molecule has 0 atom stereocenters. The molecule has 1 aromatic carbocycles. The normalized spacial score (nSPS) is 15.0. The highest BCUT2D eigenvalue weighted by atomic mass is 127. The van der Waals surface area contributed by atoms with Gasteiger partial charge >= 0.3 is 12.0 Å². The molecule has 0 bridgehead atoms. The Morgan fingerprint density at radius 1 is 1.25 bits per heavy atom. The minimum Gasteiger partial charge on any atom is -0.490 e. The largest absolute Gasteiger partial charge is 0.490 e. The molecule has 1 N–H and O–H groups in total. The summed E-state index contributed by atoms with van der Waals surface area (Å²) in [6, 6.07) is 5.63. The van der Waals surface area contributed by atoms with Crippen LogP contribution in [0.25, 0.3) is 6.08 Å². The van der Waals surface area contributed by atoms with E-state index in [1.165, 1.54) is 19.4 Å². The van der Waals surface area contributed by atoms with Gasteiger partial charge in [0.1, 0.15) is 11.3 Å². The van der Waals surface area contributed by atoms with Crippen LogP contribution in [-0.2, 0) is 25.7 Å². The van der Waals surface area contributed by atoms with E-state index in [-0.39, 0.29) is 18.7 Å². The van der Waals surface area contributed by atoms with Crippen molar-refractivity contribution in [2.75, 3.05) is 20.3 Å². The zero-order chi connectivity index (χ0) is 23.3. The molecule has 2 aromatic rings. The third-order valence-corrected chi connectivity index (χ3v) is 5.09. The van der Waals surface area contributed by atoms with E-state index in [1.807, 2.05) is 22.6 Å². The molecule has 0 aliphatic carbocycles. The highest BCUT2D eigenvalue weighted by molar-refractivity contribution is 14.1. The highest BCUT2D eigenvalue weighted by Crippen LogP contribution is 2.35. The van der Waals surface area contributed by atoms with Crippen molar-refractivity contribution in [3.05, 3.63) is 51.0 Å². The van der Waals surface area contributed by atoms with Gasteiger partial charge in [-0.2, -0.15) is 0 Å². The molecule has 2 heterocycles. The van der Waals surface area contributed by atoms with Crippen molar-refractivity contribution < 1.29 is 37.8 Å². The first-order valence-electron chi connectivity index (χ1n) is 9.41. The number of urea groups is 1. The van der Waals surface area contributed by atoms with Crippen molar-refractivity contribution >= 4 is 52.5 Å². The van der Waals surface area contributed by atoms with E-state index in [0.29, 0.717) is 33.0 Å². The van der Waals surface area contributed by atoms with Gasteiger partial charge in [-0.3, -0.25) is 19.8 Å². The highest BCUT2D eigenvalue weighted by Gasteiger charge is 2.36. The van der Waals surface area contributed by atoms with Gasteiger partial charge in [-0.25, -0.2) is 9.59 Å². The topological polar surface area (TPSA) is 124 Å². The van der Waals surface area contributed by atoms with Crippen LogP contribution in [0.5, 0.6) is 11.5 Å². The molecule has 3 rings (SSSR count). The Morgan fingerprint density at radius 2 is 2.03 bits per heavy atom. The van der Waals surface area contributed by atoms with Crippen LogP contribution >= 0.6 is 22.6 Å². The Bertz CT molecular complexity index is 1080. The summed E-state index contributed by atoms with van der Waals surface area (Å²) in [6.07, 6.45) is 2.78. The summed E-state index contributed by atoms with van der Waals surface area (Å²) in [7, 11) is 1.25. The van der Waals surface area contributed by atoms with Crippen molar-refractivity contribution in [1.82, 2.24) is 10.2 Å². The molecule has 0 unspecified atom stereocenters. The fraction of sp³-hybridized carbons (Fsp3) is 0.238. The molecule has 0 radical (unpaired) electrons. The molecule has 168 valence electrons. The third-order valence-electron chi connectivity index (χ3n) is 4.28. The van der Waals surface area contributed by atoms with Gasteiger partial charge in [-0.1, -0.05) is 0 Å². The van der Waals surface area contributed by atoms with Gasteiger partial charge in [0.15, 0.2) is 18.1 Å². The van der Waals surface area contributed by atoms with Crippen molar-refractivity contribution in [3.8, 4) is 11.5 Å². The monoisotopic (exact) mass is 554 g/mol. The number of hydrogen-bond acceptors (Lipinski definition) is 8. The van der Waals surface area contributed by atoms with Crippen LogP contribution in [0.1, 0.15) is 18.2 Å². The molecule has 32 heavy (non-hydrogen) atoms. The van der Waals surface area contributed by atoms with Gasteiger partial charge in [0.2, 0.25) is 0 Å². The van der Waals surface area contributed by atoms with E-state index in [1.54, 1.807) is 31.2 Å². The molecular weight excluding hydrogens is 535 g/mol. The first-order chi connectivity index (χ1) is 15.3. The molecule has 0 spiro atoms. The fourth-order valence-electron chi connectivity index (χ4n) is 2.83. The number of halogens is 1. The minimum absolute atomic E-state index is 0.121. The Labute approximate surface area is 196 Å². The lowest BCUT2D eigenvalue weighted by Crippen LogP contribution is -2.53. The second-order valence-corrected chi connectivity index (χ2v) is 7.58. The zero-order valence-electron chi connectivity index (χ0n) is 17.2. The summed E-state index contributed by atoms with van der Waals surface area (Å²) in [4.78, 5) is 49.7. The van der Waals surface area contributed by atoms with Gasteiger partial charge in [-0.05, 0) is 65.4 Å². The number of nitrogens with one attached hydrogen (secondary N) is 1. The fourth-order valence-corrected chi connectivity index (χ4v) is 3.61. The number of furan rings is 1. The quantitative estimate of drug-likeness (QED) is 0.229. The summed E-state index contributed by atoms with van der Waals surface area (Å²) < 4.78 is 21.5. The number of carbonyl (C=O) groups excluding carboxylic acids is 4. The molecule has 1 aliphatic rings. The van der Waals surface area contributed by atoms with Crippen molar-refractivity contribution in [1.29, 1.82) is 0 Å². The molecule has 1 fully saturated rings. The van der Waals surface area contributed by atoms with Gasteiger partial charge in [0, 0.05) is 0 Å². The lowest BCUT2D eigenvalue weighted by molar-refractivity contribution is -0.143. The predicted molar refractivity (Wildman–Crippen MR) is 119 cm³/mol. The van der Waals surface area contributed by atoms with Crippen LogP contribution in [0.15, 0.2) is 40.5 Å². The maximum atomic E-state index is 12.9. The van der Waals surface area contributed by atoms with E-state index in [2.05, 4.69) is 10.1 Å². The number of rotatable bonds is 8. The van der Waals surface area contributed by atoms with Crippen LogP contribution in [0.3, 0.4) is 0 Å². The number of hydrogen-bond donors (Lipinski definition) is 1. The second kappa shape index (κ2) is 10.3. The average molecular weight is 554 g/mol. The summed E-state index contributed by atoms with van der Waals surface area (Å²) in [5.41, 5.74) is 0.242. The summed E-state index contributed by atoms with van der Waals surface area (Å²) in [5, 5.41) is 2.16. The Balaban J connectivity index is 1.92. The Kier molecular flexibility index (Phi) is 7.51. The Morgan fingerprint density at radius 3 is 2.69 bits per heavy atom. The third kappa shape index (κ3) is 5.28. The number of methoxy groups -OCH3 is 1. The van der Waals surface area contributed by atoms with Crippen LogP contribution < -0.4 is 14.8 Å². The van der Waals surface area contributed by atoms with E-state index in [0.717, 1.165) is 4.90 Å². The van der Waals surface area contributed by atoms with Gasteiger partial charge in [0.05, 0.1) is 30.1 Å². The molecule has 0 saturated carbocycles. The van der Waals surface area contributed by atoms with E-state index < -0.39 is 23.8 Å². The van der Waals surface area contributed by atoms with Gasteiger partial charge < -0.3 is 18.6 Å². The Hall–Kier alpha value is -3.35. The first kappa shape index (κ1) is 23.3. The number of amides is 4. The first-order valence-corrected chi connectivity index (χ1v) is 10.5. The summed E-state index contributed by atoms with van der Waals surface area (Å²) in [5.74, 6) is -1.08. The number of benzene rings is 1. The van der Waals surface area contributed by atoms with Gasteiger partial charge in [-0.15, -0.1) is 0 Å². The molecule has 1 aromatic heterocycles. The van der Waals surface area contributed by atoms with Crippen molar-refractivity contribution in [2.24, 2.45) is 0 Å². The van der Waals surface area contributed by atoms with Gasteiger partial charge in [0.25, 0.3) is 11.8 Å². The number of carbonyl (C=O) groups is 4. The number of barbiturate groups is 1.